The van der Waals surface area contributed by atoms with E-state index >= 15 is 0 Å². The molecule has 7 nitrogen and oxygen atoms in total. The number of nitrogens with one attached hydrogen (secondary N) is 1. The second kappa shape index (κ2) is 10.1. The van der Waals surface area contributed by atoms with Gasteiger partial charge in [0, 0.05) is 30.7 Å². The molecule has 0 aromatic heterocycles. The summed E-state index contributed by atoms with van der Waals surface area (Å²) in [6.07, 6.45) is 7.55. The number of para-hydroxylation sites is 1. The number of amides is 3. The predicted octanol–water partition coefficient (Wildman–Crippen LogP) is 3.15. The van der Waals surface area contributed by atoms with Crippen LogP contribution in [0.1, 0.15) is 65.2 Å². The number of rotatable bonds is 6. The van der Waals surface area contributed by atoms with Crippen molar-refractivity contribution < 1.29 is 14.4 Å². The number of piperidine rings is 1. The summed E-state index contributed by atoms with van der Waals surface area (Å²) < 4.78 is 0. The second-order valence-electron chi connectivity index (χ2n) is 9.98. The number of carbonyl (C=O) groups excluding carboxylic acids is 3. The van der Waals surface area contributed by atoms with E-state index < -0.39 is 5.54 Å². The van der Waals surface area contributed by atoms with Crippen LogP contribution in [-0.2, 0) is 14.4 Å². The summed E-state index contributed by atoms with van der Waals surface area (Å²) in [6, 6.07) is 10.1. The van der Waals surface area contributed by atoms with Gasteiger partial charge in [0.25, 0.3) is 5.91 Å². The number of carbonyl (C=O) groups is 3. The molecule has 3 fully saturated rings. The first kappa shape index (κ1) is 23.6. The molecule has 2 aliphatic heterocycles. The van der Waals surface area contributed by atoms with E-state index in [0.29, 0.717) is 32.6 Å². The van der Waals surface area contributed by atoms with Gasteiger partial charge in [-0.25, -0.2) is 0 Å². The van der Waals surface area contributed by atoms with E-state index in [0.717, 1.165) is 37.8 Å². The molecule has 2 saturated heterocycles. The number of anilines is 1. The third-order valence-corrected chi connectivity index (χ3v) is 7.79. The highest BCUT2D eigenvalue weighted by Gasteiger charge is 2.54. The monoisotopic (exact) mass is 454 g/mol. The standard InChI is InChI=1S/C26H38N4O3/c1-3-20(2)27-23(31)18-29-19-30(22-12-8-5-9-13-22)26(25(29)33)14-16-28(17-15-26)24(32)21-10-6-4-7-11-21/h5,8-9,12-13,20-21H,3-4,6-7,10-11,14-19H2,1-2H3,(H,27,31). The van der Waals surface area contributed by atoms with Gasteiger partial charge in [0.15, 0.2) is 0 Å². The van der Waals surface area contributed by atoms with E-state index in [1.54, 1.807) is 4.90 Å². The lowest BCUT2D eigenvalue weighted by Gasteiger charge is -2.44. The summed E-state index contributed by atoms with van der Waals surface area (Å²) in [5, 5.41) is 2.98. The lowest BCUT2D eigenvalue weighted by molar-refractivity contribution is -0.142. The number of hydrogen-bond donors (Lipinski definition) is 1. The molecule has 3 amide bonds. The van der Waals surface area contributed by atoms with Crippen LogP contribution in [0.3, 0.4) is 0 Å². The number of benzene rings is 1. The minimum absolute atomic E-state index is 0.00965. The maximum atomic E-state index is 13.7. The van der Waals surface area contributed by atoms with Crippen molar-refractivity contribution in [3.05, 3.63) is 30.3 Å². The van der Waals surface area contributed by atoms with Crippen molar-refractivity contribution in [2.45, 2.75) is 76.8 Å². The molecule has 1 saturated carbocycles. The van der Waals surface area contributed by atoms with Crippen LogP contribution in [0, 0.1) is 5.92 Å². The Kier molecular flexibility index (Phi) is 7.25. The van der Waals surface area contributed by atoms with Gasteiger partial charge in [-0.1, -0.05) is 44.4 Å². The van der Waals surface area contributed by atoms with Gasteiger partial charge in [-0.2, -0.15) is 0 Å². The third-order valence-electron chi connectivity index (χ3n) is 7.79. The Balaban J connectivity index is 1.50. The van der Waals surface area contributed by atoms with Crippen LogP contribution in [0.4, 0.5) is 5.69 Å². The zero-order valence-electron chi connectivity index (χ0n) is 20.1. The van der Waals surface area contributed by atoms with E-state index in [1.807, 2.05) is 49.1 Å². The summed E-state index contributed by atoms with van der Waals surface area (Å²) in [5.74, 6) is 0.312. The second-order valence-corrected chi connectivity index (χ2v) is 9.98. The van der Waals surface area contributed by atoms with Crippen molar-refractivity contribution in [3.63, 3.8) is 0 Å². The molecule has 1 aromatic rings. The third kappa shape index (κ3) is 4.87. The average Bonchev–Trinajstić information content (AvgIpc) is 3.11. The molecule has 1 aromatic carbocycles. The number of hydrogen-bond acceptors (Lipinski definition) is 4. The van der Waals surface area contributed by atoms with Crippen molar-refractivity contribution in [3.8, 4) is 0 Å². The van der Waals surface area contributed by atoms with Gasteiger partial charge in [-0.3, -0.25) is 14.4 Å². The average molecular weight is 455 g/mol. The molecule has 1 atom stereocenters. The van der Waals surface area contributed by atoms with Crippen LogP contribution in [0.5, 0.6) is 0 Å². The van der Waals surface area contributed by atoms with Gasteiger partial charge in [-0.05, 0) is 51.2 Å². The largest absolute Gasteiger partial charge is 0.352 e. The molecule has 3 aliphatic rings. The van der Waals surface area contributed by atoms with E-state index in [2.05, 4.69) is 10.2 Å². The molecule has 0 bridgehead atoms. The van der Waals surface area contributed by atoms with Crippen LogP contribution in [-0.4, -0.2) is 65.4 Å². The lowest BCUT2D eigenvalue weighted by atomic mass is 9.83. The highest BCUT2D eigenvalue weighted by Crippen LogP contribution is 2.40. The molecule has 4 rings (SSSR count). The van der Waals surface area contributed by atoms with Gasteiger partial charge in [0.05, 0.1) is 6.67 Å². The van der Waals surface area contributed by atoms with Gasteiger partial charge >= 0.3 is 0 Å². The van der Waals surface area contributed by atoms with Gasteiger partial charge in [0.1, 0.15) is 12.1 Å². The van der Waals surface area contributed by atoms with Gasteiger partial charge in [-0.15, -0.1) is 0 Å². The SMILES string of the molecule is CCC(C)NC(=O)CN1CN(c2ccccc2)C2(CCN(C(=O)C3CCCCC3)CC2)C1=O. The highest BCUT2D eigenvalue weighted by atomic mass is 16.2. The van der Waals surface area contributed by atoms with Gasteiger partial charge in [0.2, 0.25) is 11.8 Å². The lowest BCUT2D eigenvalue weighted by Crippen LogP contribution is -2.58. The Morgan fingerprint density at radius 3 is 2.39 bits per heavy atom. The fourth-order valence-corrected chi connectivity index (χ4v) is 5.62. The van der Waals surface area contributed by atoms with Crippen molar-refractivity contribution in [1.29, 1.82) is 0 Å². The fourth-order valence-electron chi connectivity index (χ4n) is 5.62. The maximum Gasteiger partial charge on any atom is 0.250 e. The summed E-state index contributed by atoms with van der Waals surface area (Å²) in [6.45, 7) is 5.65. The zero-order valence-corrected chi connectivity index (χ0v) is 20.1. The van der Waals surface area contributed by atoms with Crippen molar-refractivity contribution in [2.75, 3.05) is 31.2 Å². The number of nitrogens with zero attached hydrogens (tertiary/aromatic N) is 3. The molecule has 7 heteroatoms. The summed E-state index contributed by atoms with van der Waals surface area (Å²) in [7, 11) is 0. The fraction of sp³-hybridized carbons (Fsp3) is 0.654. The van der Waals surface area contributed by atoms with Crippen molar-refractivity contribution in [2.24, 2.45) is 5.92 Å². The zero-order chi connectivity index (χ0) is 23.4. The topological polar surface area (TPSA) is 73.0 Å². The molecule has 1 N–H and O–H groups in total. The molecule has 0 radical (unpaired) electrons. The highest BCUT2D eigenvalue weighted by molar-refractivity contribution is 5.96. The van der Waals surface area contributed by atoms with Crippen LogP contribution < -0.4 is 10.2 Å². The molecule has 1 aliphatic carbocycles. The van der Waals surface area contributed by atoms with E-state index in [9.17, 15) is 14.4 Å². The Labute approximate surface area is 197 Å². The summed E-state index contributed by atoms with van der Waals surface area (Å²) in [5.41, 5.74) is 0.296. The normalized spacial score (nSPS) is 22.0. The van der Waals surface area contributed by atoms with E-state index in [4.69, 9.17) is 0 Å². The molecular formula is C26H38N4O3. The first-order chi connectivity index (χ1) is 15.9. The van der Waals surface area contributed by atoms with Crippen LogP contribution in [0.2, 0.25) is 0 Å². The van der Waals surface area contributed by atoms with E-state index in [1.165, 1.54) is 6.42 Å². The quantitative estimate of drug-likeness (QED) is 0.717. The first-order valence-electron chi connectivity index (χ1n) is 12.6. The molecular weight excluding hydrogens is 416 g/mol. The summed E-state index contributed by atoms with van der Waals surface area (Å²) >= 11 is 0. The van der Waals surface area contributed by atoms with Crippen molar-refractivity contribution in [1.82, 2.24) is 15.1 Å². The molecule has 2 heterocycles. The van der Waals surface area contributed by atoms with Crippen LogP contribution in [0.15, 0.2) is 30.3 Å². The Morgan fingerprint density at radius 2 is 1.76 bits per heavy atom. The maximum absolute atomic E-state index is 13.7. The Bertz CT molecular complexity index is 844. The Morgan fingerprint density at radius 1 is 1.09 bits per heavy atom. The van der Waals surface area contributed by atoms with E-state index in [-0.39, 0.29) is 36.2 Å². The predicted molar refractivity (Wildman–Crippen MR) is 129 cm³/mol. The molecule has 1 unspecified atom stereocenters. The minimum atomic E-state index is -0.693. The summed E-state index contributed by atoms with van der Waals surface area (Å²) in [4.78, 5) is 45.2. The molecule has 180 valence electrons. The van der Waals surface area contributed by atoms with Crippen molar-refractivity contribution >= 4 is 23.4 Å². The van der Waals surface area contributed by atoms with Crippen LogP contribution >= 0.6 is 0 Å². The van der Waals surface area contributed by atoms with Gasteiger partial charge < -0.3 is 20.0 Å². The number of likely N-dealkylation sites (tertiary alicyclic amines) is 1. The molecule has 33 heavy (non-hydrogen) atoms. The smallest absolute Gasteiger partial charge is 0.250 e. The Hall–Kier alpha value is -2.57. The first-order valence-corrected chi connectivity index (χ1v) is 12.6. The minimum Gasteiger partial charge on any atom is -0.352 e. The van der Waals surface area contributed by atoms with Crippen LogP contribution in [0.25, 0.3) is 0 Å². The molecule has 1 spiro atoms.